The molecule has 1 aliphatic rings. The molecule has 8 nitrogen and oxygen atoms in total. The van der Waals surface area contributed by atoms with Crippen LogP contribution in [0.2, 0.25) is 10.0 Å². The van der Waals surface area contributed by atoms with Crippen LogP contribution in [0, 0.1) is 11.3 Å². The largest absolute Gasteiger partial charge is 0.482 e. The van der Waals surface area contributed by atoms with Crippen molar-refractivity contribution in [2.24, 2.45) is 5.73 Å². The third-order valence-corrected chi connectivity index (χ3v) is 5.52. The zero-order chi connectivity index (χ0) is 24.8. The highest BCUT2D eigenvalue weighted by Crippen LogP contribution is 2.41. The highest BCUT2D eigenvalue weighted by atomic mass is 35.5. The summed E-state index contributed by atoms with van der Waals surface area (Å²) in [6.45, 7) is 3.07. The highest BCUT2D eigenvalue weighted by molar-refractivity contribution is 6.33. The van der Waals surface area contributed by atoms with E-state index >= 15 is 0 Å². The molecule has 1 heterocycles. The Bertz CT molecular complexity index is 1230. The van der Waals surface area contributed by atoms with Crippen LogP contribution in [0.1, 0.15) is 25.3 Å². The van der Waals surface area contributed by atoms with E-state index in [0.717, 1.165) is 0 Å². The van der Waals surface area contributed by atoms with E-state index in [1.165, 1.54) is 6.07 Å². The first kappa shape index (κ1) is 25.0. The quantitative estimate of drug-likeness (QED) is 0.528. The Labute approximate surface area is 206 Å². The van der Waals surface area contributed by atoms with Crippen LogP contribution in [0.5, 0.6) is 5.75 Å². The molecule has 2 aromatic rings. The number of carbonyl (C=O) groups is 2. The predicted octanol–water partition coefficient (Wildman–Crippen LogP) is 4.66. The van der Waals surface area contributed by atoms with Gasteiger partial charge in [0, 0.05) is 0 Å². The molecule has 0 saturated heterocycles. The van der Waals surface area contributed by atoms with Crippen LogP contribution in [0.15, 0.2) is 65.3 Å². The molecular weight excluding hydrogens is 481 g/mol. The molecule has 0 aromatic heterocycles. The Balaban J connectivity index is 1.82. The fourth-order valence-electron chi connectivity index (χ4n) is 3.39. The molecule has 0 aliphatic carbocycles. The van der Waals surface area contributed by atoms with Gasteiger partial charge in [0.1, 0.15) is 23.2 Å². The van der Waals surface area contributed by atoms with Crippen molar-refractivity contribution in [1.82, 2.24) is 0 Å². The summed E-state index contributed by atoms with van der Waals surface area (Å²) < 4.78 is 16.1. The number of amides is 1. The molecule has 34 heavy (non-hydrogen) atoms. The van der Waals surface area contributed by atoms with Crippen molar-refractivity contribution in [2.75, 3.05) is 18.5 Å². The van der Waals surface area contributed by atoms with E-state index in [9.17, 15) is 14.9 Å². The standard InChI is InChI=1S/C24H21Cl2N3O5/c1-3-32-24(31)21-13(2)34-23(28)15(11-27)22(21)14-8-9-19(17(26)10-14)33-12-20(30)29-18-7-5-4-6-16(18)25/h4-10,22H,3,12,28H2,1-2H3,(H,29,30). The third-order valence-electron chi connectivity index (χ3n) is 4.90. The number of para-hydroxylation sites is 1. The molecule has 0 spiro atoms. The average molecular weight is 502 g/mol. The minimum atomic E-state index is -0.840. The van der Waals surface area contributed by atoms with Gasteiger partial charge in [0.05, 0.1) is 33.8 Å². The van der Waals surface area contributed by atoms with Crippen molar-refractivity contribution in [3.05, 3.63) is 80.9 Å². The molecule has 3 N–H and O–H groups in total. The molecule has 2 aromatic carbocycles. The van der Waals surface area contributed by atoms with Gasteiger partial charge in [-0.05, 0) is 43.7 Å². The number of hydrogen-bond acceptors (Lipinski definition) is 7. The fourth-order valence-corrected chi connectivity index (χ4v) is 3.82. The summed E-state index contributed by atoms with van der Waals surface area (Å²) >= 11 is 12.4. The maximum atomic E-state index is 12.6. The van der Waals surface area contributed by atoms with Gasteiger partial charge < -0.3 is 25.3 Å². The Kier molecular flexibility index (Phi) is 8.05. The van der Waals surface area contributed by atoms with Crippen LogP contribution < -0.4 is 15.8 Å². The van der Waals surface area contributed by atoms with Gasteiger partial charge in [-0.2, -0.15) is 5.26 Å². The smallest absolute Gasteiger partial charge is 0.338 e. The van der Waals surface area contributed by atoms with Gasteiger partial charge in [0.2, 0.25) is 5.88 Å². The second kappa shape index (κ2) is 11.0. The molecule has 1 amide bonds. The van der Waals surface area contributed by atoms with Crippen LogP contribution >= 0.6 is 23.2 Å². The number of esters is 1. The van der Waals surface area contributed by atoms with Crippen LogP contribution in [0.3, 0.4) is 0 Å². The number of hydrogen-bond donors (Lipinski definition) is 2. The van der Waals surface area contributed by atoms with E-state index in [-0.39, 0.29) is 46.8 Å². The zero-order valence-corrected chi connectivity index (χ0v) is 19.9. The van der Waals surface area contributed by atoms with Crippen molar-refractivity contribution < 1.29 is 23.8 Å². The Hall–Kier alpha value is -3.67. The summed E-state index contributed by atoms with van der Waals surface area (Å²) in [5.41, 5.74) is 7.07. The lowest BCUT2D eigenvalue weighted by molar-refractivity contribution is -0.139. The number of ether oxygens (including phenoxy) is 3. The molecule has 10 heteroatoms. The summed E-state index contributed by atoms with van der Waals surface area (Å²) in [5, 5.41) is 12.9. The van der Waals surface area contributed by atoms with Gasteiger partial charge in [-0.15, -0.1) is 0 Å². The number of rotatable bonds is 7. The van der Waals surface area contributed by atoms with Gasteiger partial charge in [-0.3, -0.25) is 4.79 Å². The number of nitrogens with two attached hydrogens (primary N) is 1. The average Bonchev–Trinajstić information content (AvgIpc) is 2.79. The van der Waals surface area contributed by atoms with Gasteiger partial charge >= 0.3 is 5.97 Å². The highest BCUT2D eigenvalue weighted by Gasteiger charge is 2.36. The van der Waals surface area contributed by atoms with Gasteiger partial charge in [0.25, 0.3) is 5.91 Å². The van der Waals surface area contributed by atoms with Crippen molar-refractivity contribution in [2.45, 2.75) is 19.8 Å². The number of allylic oxidation sites excluding steroid dienone is 2. The topological polar surface area (TPSA) is 124 Å². The first-order valence-corrected chi connectivity index (χ1v) is 10.9. The van der Waals surface area contributed by atoms with Crippen molar-refractivity contribution in [3.63, 3.8) is 0 Å². The maximum absolute atomic E-state index is 12.6. The maximum Gasteiger partial charge on any atom is 0.338 e. The molecule has 3 rings (SSSR count). The molecule has 0 bridgehead atoms. The second-order valence-corrected chi connectivity index (χ2v) is 7.94. The summed E-state index contributed by atoms with van der Waals surface area (Å²) in [5.74, 6) is -1.53. The van der Waals surface area contributed by atoms with E-state index in [1.807, 2.05) is 6.07 Å². The van der Waals surface area contributed by atoms with Gasteiger partial charge in [-0.1, -0.05) is 41.4 Å². The molecular formula is C24H21Cl2N3O5. The van der Waals surface area contributed by atoms with E-state index in [0.29, 0.717) is 16.3 Å². The summed E-state index contributed by atoms with van der Waals surface area (Å²) in [6, 6.07) is 13.5. The molecule has 0 saturated carbocycles. The summed E-state index contributed by atoms with van der Waals surface area (Å²) in [4.78, 5) is 24.9. The summed E-state index contributed by atoms with van der Waals surface area (Å²) in [6.07, 6.45) is 0. The van der Waals surface area contributed by atoms with Crippen molar-refractivity contribution in [1.29, 1.82) is 5.26 Å². The van der Waals surface area contributed by atoms with E-state index in [2.05, 4.69) is 5.32 Å². The van der Waals surface area contributed by atoms with Crippen LogP contribution in [-0.2, 0) is 19.1 Å². The minimum Gasteiger partial charge on any atom is -0.482 e. The number of halogens is 2. The van der Waals surface area contributed by atoms with E-state index in [4.69, 9.17) is 43.1 Å². The number of benzene rings is 2. The number of nitriles is 1. The number of carbonyl (C=O) groups excluding carboxylic acids is 2. The van der Waals surface area contributed by atoms with Crippen LogP contribution in [-0.4, -0.2) is 25.1 Å². The fraction of sp³-hybridized carbons (Fsp3) is 0.208. The van der Waals surface area contributed by atoms with Gasteiger partial charge in [0.15, 0.2) is 6.61 Å². The lowest BCUT2D eigenvalue weighted by atomic mass is 9.83. The lowest BCUT2D eigenvalue weighted by Crippen LogP contribution is -2.25. The molecule has 0 fully saturated rings. The molecule has 1 unspecified atom stereocenters. The first-order chi connectivity index (χ1) is 16.3. The van der Waals surface area contributed by atoms with Crippen LogP contribution in [0.4, 0.5) is 5.69 Å². The lowest BCUT2D eigenvalue weighted by Gasteiger charge is -2.27. The molecule has 176 valence electrons. The predicted molar refractivity (Wildman–Crippen MR) is 127 cm³/mol. The van der Waals surface area contributed by atoms with Crippen molar-refractivity contribution in [3.8, 4) is 11.8 Å². The zero-order valence-electron chi connectivity index (χ0n) is 18.4. The Morgan fingerprint density at radius 2 is 1.94 bits per heavy atom. The SMILES string of the molecule is CCOC(=O)C1=C(C)OC(N)=C(C#N)C1c1ccc(OCC(=O)Nc2ccccc2Cl)c(Cl)c1. The molecule has 1 aliphatic heterocycles. The molecule has 0 radical (unpaired) electrons. The second-order valence-electron chi connectivity index (χ2n) is 7.12. The Morgan fingerprint density at radius 1 is 1.21 bits per heavy atom. The number of nitrogens with one attached hydrogen (secondary N) is 1. The van der Waals surface area contributed by atoms with E-state index < -0.39 is 17.8 Å². The first-order valence-electron chi connectivity index (χ1n) is 10.2. The van der Waals surface area contributed by atoms with Crippen molar-refractivity contribution >= 4 is 40.8 Å². The summed E-state index contributed by atoms with van der Waals surface area (Å²) in [7, 11) is 0. The minimum absolute atomic E-state index is 0.0532. The molecule has 1 atom stereocenters. The van der Waals surface area contributed by atoms with E-state index in [1.54, 1.807) is 50.2 Å². The Morgan fingerprint density at radius 3 is 2.59 bits per heavy atom. The van der Waals surface area contributed by atoms with Gasteiger partial charge in [-0.25, -0.2) is 4.79 Å². The van der Waals surface area contributed by atoms with Crippen LogP contribution in [0.25, 0.3) is 0 Å². The number of anilines is 1. The monoisotopic (exact) mass is 501 g/mol. The number of nitrogens with zero attached hydrogens (tertiary/aromatic N) is 1. The third kappa shape index (κ3) is 5.45. The normalized spacial score (nSPS) is 15.3.